The molecule has 1 atom stereocenters. The number of H-pyrrole nitrogens is 1. The van der Waals surface area contributed by atoms with Crippen molar-refractivity contribution in [2.24, 2.45) is 0 Å². The number of aromatic amines is 1. The predicted octanol–water partition coefficient (Wildman–Crippen LogP) is 2.47. The lowest BCUT2D eigenvalue weighted by Gasteiger charge is -2.11. The van der Waals surface area contributed by atoms with Crippen LogP contribution in [0.15, 0.2) is 53.9 Å². The second-order valence-corrected chi connectivity index (χ2v) is 6.15. The van der Waals surface area contributed by atoms with Crippen LogP contribution in [0.3, 0.4) is 0 Å². The quantitative estimate of drug-likeness (QED) is 0.651. The standard InChI is InChI=1S/C17H17N3O2S/c21-13(9-12-5-2-1-3-6-12)11-18-17(22)15-10-14(19-20-15)16-7-4-8-23-16/h1-8,10,13,21H,9,11H2,(H,18,22)(H,19,20). The molecule has 1 amide bonds. The van der Waals surface area contributed by atoms with Gasteiger partial charge in [-0.25, -0.2) is 0 Å². The molecule has 0 radical (unpaired) electrons. The molecule has 0 aliphatic carbocycles. The van der Waals surface area contributed by atoms with E-state index in [-0.39, 0.29) is 12.5 Å². The summed E-state index contributed by atoms with van der Waals surface area (Å²) in [6, 6.07) is 15.3. The molecule has 118 valence electrons. The molecule has 3 rings (SSSR count). The summed E-state index contributed by atoms with van der Waals surface area (Å²) in [5.41, 5.74) is 2.17. The second-order valence-electron chi connectivity index (χ2n) is 5.20. The van der Waals surface area contributed by atoms with E-state index in [2.05, 4.69) is 15.5 Å². The molecule has 0 bridgehead atoms. The number of carbonyl (C=O) groups excluding carboxylic acids is 1. The minimum Gasteiger partial charge on any atom is -0.391 e. The van der Waals surface area contributed by atoms with E-state index in [4.69, 9.17) is 0 Å². The minimum absolute atomic E-state index is 0.189. The van der Waals surface area contributed by atoms with Crippen molar-refractivity contribution >= 4 is 17.2 Å². The number of carbonyl (C=O) groups is 1. The first-order chi connectivity index (χ1) is 11.2. The zero-order valence-electron chi connectivity index (χ0n) is 12.4. The smallest absolute Gasteiger partial charge is 0.271 e. The minimum atomic E-state index is -0.628. The lowest BCUT2D eigenvalue weighted by atomic mass is 10.1. The van der Waals surface area contributed by atoms with E-state index in [0.717, 1.165) is 16.1 Å². The number of nitrogens with zero attached hydrogens (tertiary/aromatic N) is 1. The highest BCUT2D eigenvalue weighted by Gasteiger charge is 2.13. The Balaban J connectivity index is 1.53. The summed E-state index contributed by atoms with van der Waals surface area (Å²) in [5.74, 6) is -0.295. The lowest BCUT2D eigenvalue weighted by Crippen LogP contribution is -2.33. The molecule has 2 heterocycles. The van der Waals surface area contributed by atoms with Gasteiger partial charge in [-0.2, -0.15) is 5.10 Å². The van der Waals surface area contributed by atoms with Crippen molar-refractivity contribution in [3.05, 3.63) is 65.2 Å². The van der Waals surface area contributed by atoms with E-state index < -0.39 is 6.10 Å². The third-order valence-electron chi connectivity index (χ3n) is 3.41. The van der Waals surface area contributed by atoms with Gasteiger partial charge in [0.1, 0.15) is 0 Å². The van der Waals surface area contributed by atoms with Crippen molar-refractivity contribution in [1.29, 1.82) is 0 Å². The van der Waals surface area contributed by atoms with E-state index in [1.807, 2.05) is 47.8 Å². The first kappa shape index (κ1) is 15.5. The Kier molecular flexibility index (Phi) is 4.85. The Morgan fingerprint density at radius 3 is 2.83 bits per heavy atom. The van der Waals surface area contributed by atoms with Crippen LogP contribution in [-0.4, -0.2) is 33.9 Å². The van der Waals surface area contributed by atoms with Crippen LogP contribution in [0.4, 0.5) is 0 Å². The summed E-state index contributed by atoms with van der Waals surface area (Å²) in [6.07, 6.45) is -0.126. The number of aliphatic hydroxyl groups is 1. The Morgan fingerprint density at radius 2 is 2.09 bits per heavy atom. The zero-order valence-corrected chi connectivity index (χ0v) is 13.2. The normalized spacial score (nSPS) is 12.0. The third kappa shape index (κ3) is 4.06. The number of hydrogen-bond acceptors (Lipinski definition) is 4. The van der Waals surface area contributed by atoms with Crippen molar-refractivity contribution in [3.63, 3.8) is 0 Å². The fourth-order valence-corrected chi connectivity index (χ4v) is 2.95. The maximum atomic E-state index is 12.1. The average molecular weight is 327 g/mol. The number of benzene rings is 1. The second kappa shape index (κ2) is 7.21. The predicted molar refractivity (Wildman–Crippen MR) is 90.4 cm³/mol. The van der Waals surface area contributed by atoms with Gasteiger partial charge in [0.15, 0.2) is 5.69 Å². The summed E-state index contributed by atoms with van der Waals surface area (Å²) in [5, 5.41) is 21.6. The van der Waals surface area contributed by atoms with Crippen LogP contribution in [0.25, 0.3) is 10.6 Å². The summed E-state index contributed by atoms with van der Waals surface area (Å²) < 4.78 is 0. The number of aliphatic hydroxyl groups excluding tert-OH is 1. The molecule has 0 saturated heterocycles. The molecule has 0 saturated carbocycles. The Hall–Kier alpha value is -2.44. The van der Waals surface area contributed by atoms with Crippen molar-refractivity contribution in [1.82, 2.24) is 15.5 Å². The van der Waals surface area contributed by atoms with Crippen molar-refractivity contribution in [2.75, 3.05) is 6.54 Å². The largest absolute Gasteiger partial charge is 0.391 e. The molecule has 1 aromatic carbocycles. The Bertz CT molecular complexity index is 753. The molecule has 1 unspecified atom stereocenters. The highest BCUT2D eigenvalue weighted by atomic mass is 32.1. The number of thiophene rings is 1. The van der Waals surface area contributed by atoms with Gasteiger partial charge in [0.25, 0.3) is 5.91 Å². The first-order valence-corrected chi connectivity index (χ1v) is 8.20. The van der Waals surface area contributed by atoms with Gasteiger partial charge in [0, 0.05) is 13.0 Å². The number of nitrogens with one attached hydrogen (secondary N) is 2. The molecule has 3 aromatic rings. The molecule has 0 aliphatic rings. The summed E-state index contributed by atoms with van der Waals surface area (Å²) >= 11 is 1.58. The number of amides is 1. The van der Waals surface area contributed by atoms with Gasteiger partial charge in [-0.3, -0.25) is 9.89 Å². The molecule has 2 aromatic heterocycles. The summed E-state index contributed by atoms with van der Waals surface area (Å²) in [6.45, 7) is 0.189. The summed E-state index contributed by atoms with van der Waals surface area (Å²) in [7, 11) is 0. The van der Waals surface area contributed by atoms with Gasteiger partial charge < -0.3 is 10.4 Å². The number of aromatic nitrogens is 2. The van der Waals surface area contributed by atoms with Crippen LogP contribution in [0, 0.1) is 0 Å². The van der Waals surface area contributed by atoms with Crippen LogP contribution in [-0.2, 0) is 6.42 Å². The molecule has 0 aliphatic heterocycles. The monoisotopic (exact) mass is 327 g/mol. The maximum Gasteiger partial charge on any atom is 0.271 e. The van der Waals surface area contributed by atoms with E-state index in [1.165, 1.54) is 0 Å². The van der Waals surface area contributed by atoms with Crippen molar-refractivity contribution in [2.45, 2.75) is 12.5 Å². The van der Waals surface area contributed by atoms with Gasteiger partial charge >= 0.3 is 0 Å². The molecule has 23 heavy (non-hydrogen) atoms. The third-order valence-corrected chi connectivity index (χ3v) is 4.31. The van der Waals surface area contributed by atoms with E-state index in [0.29, 0.717) is 12.1 Å². The fraction of sp³-hybridized carbons (Fsp3) is 0.176. The van der Waals surface area contributed by atoms with Crippen LogP contribution < -0.4 is 5.32 Å². The van der Waals surface area contributed by atoms with Gasteiger partial charge in [-0.05, 0) is 23.1 Å². The van der Waals surface area contributed by atoms with Crippen LogP contribution in [0.1, 0.15) is 16.1 Å². The Morgan fingerprint density at radius 1 is 1.26 bits per heavy atom. The maximum absolute atomic E-state index is 12.1. The molecule has 0 fully saturated rings. The number of hydrogen-bond donors (Lipinski definition) is 3. The van der Waals surface area contributed by atoms with Gasteiger partial charge in [0.05, 0.1) is 16.7 Å². The topological polar surface area (TPSA) is 78.0 Å². The SMILES string of the molecule is O=C(NCC(O)Cc1ccccc1)c1cc(-c2cccs2)[nH]n1. The molecular weight excluding hydrogens is 310 g/mol. The number of rotatable bonds is 6. The molecule has 5 nitrogen and oxygen atoms in total. The zero-order chi connectivity index (χ0) is 16.1. The van der Waals surface area contributed by atoms with Crippen molar-refractivity contribution < 1.29 is 9.90 Å². The van der Waals surface area contributed by atoms with E-state index in [1.54, 1.807) is 17.4 Å². The van der Waals surface area contributed by atoms with Crippen LogP contribution in [0.2, 0.25) is 0 Å². The first-order valence-electron chi connectivity index (χ1n) is 7.32. The average Bonchev–Trinajstić information content (AvgIpc) is 3.24. The molecule has 6 heteroatoms. The van der Waals surface area contributed by atoms with Gasteiger partial charge in [-0.1, -0.05) is 36.4 Å². The molecular formula is C17H17N3O2S. The van der Waals surface area contributed by atoms with E-state index >= 15 is 0 Å². The van der Waals surface area contributed by atoms with Crippen LogP contribution in [0.5, 0.6) is 0 Å². The highest BCUT2D eigenvalue weighted by Crippen LogP contribution is 2.22. The van der Waals surface area contributed by atoms with Gasteiger partial charge in [0.2, 0.25) is 0 Å². The van der Waals surface area contributed by atoms with E-state index in [9.17, 15) is 9.90 Å². The van der Waals surface area contributed by atoms with Crippen molar-refractivity contribution in [3.8, 4) is 10.6 Å². The summed E-state index contributed by atoms with van der Waals surface area (Å²) in [4.78, 5) is 13.1. The molecule has 0 spiro atoms. The lowest BCUT2D eigenvalue weighted by molar-refractivity contribution is 0.0911. The fourth-order valence-electron chi connectivity index (χ4n) is 2.26. The molecule has 3 N–H and O–H groups in total. The highest BCUT2D eigenvalue weighted by molar-refractivity contribution is 7.13. The van der Waals surface area contributed by atoms with Gasteiger partial charge in [-0.15, -0.1) is 11.3 Å². The Labute approximate surface area is 138 Å². The van der Waals surface area contributed by atoms with Crippen LogP contribution >= 0.6 is 11.3 Å².